The number of halogens is 1. The first-order chi connectivity index (χ1) is 9.34. The number of alkyl halides is 1. The predicted octanol–water partition coefficient (Wildman–Crippen LogP) is 4.20. The van der Waals surface area contributed by atoms with Crippen molar-refractivity contribution in [1.82, 2.24) is 0 Å². The highest BCUT2D eigenvalue weighted by atomic mass is 35.5. The second-order valence-corrected chi connectivity index (χ2v) is 5.50. The number of hydrogen-bond donors (Lipinski definition) is 0. The Kier molecular flexibility index (Phi) is 3.49. The van der Waals surface area contributed by atoms with Crippen LogP contribution in [0.5, 0.6) is 0 Å². The zero-order valence-electron chi connectivity index (χ0n) is 10.1. The van der Waals surface area contributed by atoms with E-state index in [0.29, 0.717) is 11.8 Å². The van der Waals surface area contributed by atoms with Crippen LogP contribution >= 0.6 is 23.5 Å². The molecule has 3 rings (SSSR count). The van der Waals surface area contributed by atoms with Gasteiger partial charge in [-0.05, 0) is 12.1 Å². The van der Waals surface area contributed by atoms with E-state index in [-0.39, 0.29) is 0 Å². The Morgan fingerprint density at radius 3 is 2.26 bits per heavy atom. The van der Waals surface area contributed by atoms with Crippen LogP contribution in [-0.4, -0.2) is 11.8 Å². The number of hydrogen-bond acceptors (Lipinski definition) is 3. The van der Waals surface area contributed by atoms with Crippen LogP contribution in [-0.2, 0) is 9.67 Å². The second kappa shape index (κ2) is 5.27. The molecule has 1 aliphatic heterocycles. The van der Waals surface area contributed by atoms with E-state index in [0.717, 1.165) is 11.1 Å². The summed E-state index contributed by atoms with van der Waals surface area (Å²) in [4.78, 5) is -0.617. The molecule has 1 heterocycles. The zero-order chi connectivity index (χ0) is 13.1. The minimum absolute atomic E-state index is 0.349. The van der Waals surface area contributed by atoms with Gasteiger partial charge in [0.2, 0.25) is 10.8 Å². The van der Waals surface area contributed by atoms with Crippen molar-refractivity contribution < 1.29 is 4.74 Å². The highest BCUT2D eigenvalue weighted by Crippen LogP contribution is 2.45. The lowest BCUT2D eigenvalue weighted by Gasteiger charge is -2.24. The smallest absolute Gasteiger partial charge is 0.229 e. The Labute approximate surface area is 121 Å². The van der Waals surface area contributed by atoms with Crippen molar-refractivity contribution in [3.63, 3.8) is 0 Å². The van der Waals surface area contributed by atoms with Gasteiger partial charge in [-0.3, -0.25) is 0 Å². The Hall–Kier alpha value is -1.45. The molecule has 0 aliphatic carbocycles. The maximum absolute atomic E-state index is 6.13. The Morgan fingerprint density at radius 2 is 1.63 bits per heavy atom. The Balaban J connectivity index is 1.90. The van der Waals surface area contributed by atoms with Crippen LogP contribution in [0.15, 0.2) is 65.1 Å². The minimum Gasteiger partial charge on any atom is -0.451 e. The summed E-state index contributed by atoms with van der Waals surface area (Å²) in [5.74, 6) is 0.983. The molecule has 0 N–H and O–H groups in total. The van der Waals surface area contributed by atoms with Gasteiger partial charge in [0.15, 0.2) is 0 Å². The first-order valence-electron chi connectivity index (χ1n) is 5.96. The molecule has 1 aliphatic rings. The normalized spacial score (nSPS) is 21.8. The van der Waals surface area contributed by atoms with Crippen molar-refractivity contribution in [2.45, 2.75) is 4.93 Å². The Bertz CT molecular complexity index is 588. The molecule has 0 fully saturated rings. The number of benzene rings is 2. The molecule has 0 bridgehead atoms. The van der Waals surface area contributed by atoms with Gasteiger partial charge in [0.1, 0.15) is 0 Å². The van der Waals surface area contributed by atoms with Gasteiger partial charge in [-0.25, -0.2) is 0 Å². The van der Waals surface area contributed by atoms with Crippen LogP contribution in [0.1, 0.15) is 11.1 Å². The number of nitrogens with zero attached hydrogens (tertiary/aromatic N) is 1. The summed E-state index contributed by atoms with van der Waals surface area (Å²) in [6.07, 6.45) is 0. The molecule has 0 amide bonds. The van der Waals surface area contributed by atoms with Gasteiger partial charge in [0.25, 0.3) is 0 Å². The largest absolute Gasteiger partial charge is 0.451 e. The van der Waals surface area contributed by atoms with E-state index in [4.69, 9.17) is 16.3 Å². The van der Waals surface area contributed by atoms with Crippen LogP contribution in [0.25, 0.3) is 0 Å². The van der Waals surface area contributed by atoms with E-state index >= 15 is 0 Å². The van der Waals surface area contributed by atoms with Gasteiger partial charge < -0.3 is 4.74 Å². The summed E-state index contributed by atoms with van der Waals surface area (Å²) >= 11 is 7.51. The Morgan fingerprint density at radius 1 is 1.00 bits per heavy atom. The van der Waals surface area contributed by atoms with Crippen LogP contribution in [0.3, 0.4) is 0 Å². The SMILES string of the molecule is ClCC1(c2ccccc2)OC(c2ccccc2)=NS1. The van der Waals surface area contributed by atoms with E-state index < -0.39 is 4.93 Å². The predicted molar refractivity (Wildman–Crippen MR) is 80.5 cm³/mol. The second-order valence-electron chi connectivity index (χ2n) is 4.21. The molecule has 2 aromatic carbocycles. The summed E-state index contributed by atoms with van der Waals surface area (Å²) in [5.41, 5.74) is 2.00. The lowest BCUT2D eigenvalue weighted by Crippen LogP contribution is -2.26. The van der Waals surface area contributed by atoms with E-state index in [2.05, 4.69) is 4.40 Å². The first kappa shape index (κ1) is 12.6. The fourth-order valence-electron chi connectivity index (χ4n) is 1.93. The molecule has 96 valence electrons. The third kappa shape index (κ3) is 2.36. The van der Waals surface area contributed by atoms with Crippen LogP contribution in [0.2, 0.25) is 0 Å². The van der Waals surface area contributed by atoms with Crippen LogP contribution < -0.4 is 0 Å². The molecule has 0 spiro atoms. The van der Waals surface area contributed by atoms with Crippen molar-refractivity contribution in [1.29, 1.82) is 0 Å². The third-order valence-electron chi connectivity index (χ3n) is 2.95. The van der Waals surface area contributed by atoms with Crippen molar-refractivity contribution in [3.8, 4) is 0 Å². The molecule has 0 saturated heterocycles. The van der Waals surface area contributed by atoms with Gasteiger partial charge in [-0.2, -0.15) is 4.40 Å². The monoisotopic (exact) mass is 289 g/mol. The van der Waals surface area contributed by atoms with Crippen molar-refractivity contribution in [3.05, 3.63) is 71.8 Å². The van der Waals surface area contributed by atoms with Crippen molar-refractivity contribution in [2.24, 2.45) is 4.40 Å². The van der Waals surface area contributed by atoms with E-state index in [9.17, 15) is 0 Å². The molecular weight excluding hydrogens is 278 g/mol. The fourth-order valence-corrected chi connectivity index (χ4v) is 3.07. The number of ether oxygens (including phenoxy) is 1. The van der Waals surface area contributed by atoms with E-state index in [1.807, 2.05) is 60.7 Å². The molecule has 1 unspecified atom stereocenters. The van der Waals surface area contributed by atoms with Crippen LogP contribution in [0, 0.1) is 0 Å². The fraction of sp³-hybridized carbons (Fsp3) is 0.133. The first-order valence-corrected chi connectivity index (χ1v) is 7.27. The molecule has 0 radical (unpaired) electrons. The van der Waals surface area contributed by atoms with Gasteiger partial charge in [0, 0.05) is 23.1 Å². The maximum atomic E-state index is 6.13. The molecule has 19 heavy (non-hydrogen) atoms. The van der Waals surface area contributed by atoms with Gasteiger partial charge in [-0.15, -0.1) is 11.6 Å². The van der Waals surface area contributed by atoms with Crippen LogP contribution in [0.4, 0.5) is 0 Å². The lowest BCUT2D eigenvalue weighted by atomic mass is 10.1. The van der Waals surface area contributed by atoms with Gasteiger partial charge in [-0.1, -0.05) is 48.5 Å². The van der Waals surface area contributed by atoms with E-state index in [1.165, 1.54) is 11.9 Å². The molecule has 0 aromatic heterocycles. The van der Waals surface area contributed by atoms with Gasteiger partial charge >= 0.3 is 0 Å². The maximum Gasteiger partial charge on any atom is 0.229 e. The lowest BCUT2D eigenvalue weighted by molar-refractivity contribution is 0.187. The third-order valence-corrected chi connectivity index (χ3v) is 4.50. The summed E-state index contributed by atoms with van der Waals surface area (Å²) in [6, 6.07) is 19.8. The molecule has 0 saturated carbocycles. The highest BCUT2D eigenvalue weighted by Gasteiger charge is 2.41. The number of rotatable bonds is 3. The standard InChI is InChI=1S/C15H12ClNOS/c16-11-15(13-9-5-2-6-10-13)18-14(17-19-15)12-7-3-1-4-8-12/h1-10H,11H2. The topological polar surface area (TPSA) is 21.6 Å². The quantitative estimate of drug-likeness (QED) is 0.624. The van der Waals surface area contributed by atoms with Crippen molar-refractivity contribution >= 4 is 29.4 Å². The van der Waals surface area contributed by atoms with Crippen molar-refractivity contribution in [2.75, 3.05) is 5.88 Å². The van der Waals surface area contributed by atoms with E-state index in [1.54, 1.807) is 0 Å². The summed E-state index contributed by atoms with van der Waals surface area (Å²) in [7, 11) is 0. The molecule has 2 nitrogen and oxygen atoms in total. The molecule has 4 heteroatoms. The minimum atomic E-state index is -0.617. The summed E-state index contributed by atoms with van der Waals surface area (Å²) in [5, 5.41) is 0. The zero-order valence-corrected chi connectivity index (χ0v) is 11.7. The average Bonchev–Trinajstić information content (AvgIpc) is 2.95. The average molecular weight is 290 g/mol. The molecule has 1 atom stereocenters. The summed E-state index contributed by atoms with van der Waals surface area (Å²) in [6.45, 7) is 0. The summed E-state index contributed by atoms with van der Waals surface area (Å²) < 4.78 is 10.5. The highest BCUT2D eigenvalue weighted by molar-refractivity contribution is 7.99. The molecular formula is C15H12ClNOS. The molecule has 2 aromatic rings. The van der Waals surface area contributed by atoms with Gasteiger partial charge in [0.05, 0.1) is 5.88 Å².